The number of aryl methyl sites for hydroxylation is 2. The lowest BCUT2D eigenvalue weighted by molar-refractivity contribution is -0.384. The molecule has 1 saturated heterocycles. The SMILES string of the molecule is CCc1nn(C)c(N2CCN(C3CCCC3)CC2)c1[N+](=O)[O-]. The van der Waals surface area contributed by atoms with Gasteiger partial charge in [0.05, 0.1) is 4.92 Å². The third-order valence-electron chi connectivity index (χ3n) is 5.03. The van der Waals surface area contributed by atoms with Crippen LogP contribution in [0.5, 0.6) is 0 Å². The van der Waals surface area contributed by atoms with Crippen LogP contribution >= 0.6 is 0 Å². The van der Waals surface area contributed by atoms with Crippen LogP contribution < -0.4 is 4.90 Å². The molecule has 7 heteroatoms. The number of anilines is 1. The zero-order chi connectivity index (χ0) is 15.7. The summed E-state index contributed by atoms with van der Waals surface area (Å²) >= 11 is 0. The molecule has 2 aliphatic rings. The highest BCUT2D eigenvalue weighted by Crippen LogP contribution is 2.33. The number of hydrogen-bond donors (Lipinski definition) is 0. The number of hydrogen-bond acceptors (Lipinski definition) is 5. The number of nitro groups is 1. The van der Waals surface area contributed by atoms with Crippen LogP contribution in [0.15, 0.2) is 0 Å². The van der Waals surface area contributed by atoms with E-state index in [-0.39, 0.29) is 10.6 Å². The van der Waals surface area contributed by atoms with Gasteiger partial charge in [-0.1, -0.05) is 19.8 Å². The molecule has 3 rings (SSSR count). The van der Waals surface area contributed by atoms with Gasteiger partial charge < -0.3 is 4.90 Å². The Morgan fingerprint density at radius 3 is 2.41 bits per heavy atom. The Balaban J connectivity index is 1.75. The summed E-state index contributed by atoms with van der Waals surface area (Å²) in [5.41, 5.74) is 0.778. The normalized spacial score (nSPS) is 20.7. The summed E-state index contributed by atoms with van der Waals surface area (Å²) in [6.45, 7) is 5.60. The largest absolute Gasteiger partial charge is 0.349 e. The van der Waals surface area contributed by atoms with Gasteiger partial charge in [0, 0.05) is 39.3 Å². The van der Waals surface area contributed by atoms with E-state index in [1.54, 1.807) is 4.68 Å². The van der Waals surface area contributed by atoms with Gasteiger partial charge in [0.1, 0.15) is 5.69 Å². The van der Waals surface area contributed by atoms with Crippen molar-refractivity contribution in [2.24, 2.45) is 7.05 Å². The smallest absolute Gasteiger partial charge is 0.334 e. The van der Waals surface area contributed by atoms with Crippen LogP contribution in [0.25, 0.3) is 0 Å². The quantitative estimate of drug-likeness (QED) is 0.628. The number of rotatable bonds is 4. The molecule has 0 unspecified atom stereocenters. The lowest BCUT2D eigenvalue weighted by Gasteiger charge is -2.38. The van der Waals surface area contributed by atoms with Crippen LogP contribution in [0.2, 0.25) is 0 Å². The Kier molecular flexibility index (Phi) is 4.33. The maximum absolute atomic E-state index is 11.4. The first kappa shape index (κ1) is 15.3. The van der Waals surface area contributed by atoms with Gasteiger partial charge in [-0.3, -0.25) is 15.0 Å². The molecule has 1 saturated carbocycles. The lowest BCUT2D eigenvalue weighted by atomic mass is 10.1. The minimum Gasteiger partial charge on any atom is -0.349 e. The van der Waals surface area contributed by atoms with Gasteiger partial charge >= 0.3 is 5.69 Å². The second-order valence-corrected chi connectivity index (χ2v) is 6.31. The highest BCUT2D eigenvalue weighted by Gasteiger charge is 2.33. The van der Waals surface area contributed by atoms with E-state index >= 15 is 0 Å². The number of nitrogens with zero attached hydrogens (tertiary/aromatic N) is 5. The zero-order valence-corrected chi connectivity index (χ0v) is 13.5. The van der Waals surface area contributed by atoms with E-state index in [2.05, 4.69) is 14.9 Å². The third kappa shape index (κ3) is 2.69. The molecule has 1 aromatic rings. The summed E-state index contributed by atoms with van der Waals surface area (Å²) in [6.07, 6.45) is 5.90. The Morgan fingerprint density at radius 2 is 1.86 bits per heavy atom. The molecule has 1 aromatic heterocycles. The van der Waals surface area contributed by atoms with Crippen LogP contribution in [0.3, 0.4) is 0 Å². The van der Waals surface area contributed by atoms with E-state index in [0.717, 1.165) is 32.2 Å². The van der Waals surface area contributed by atoms with E-state index in [9.17, 15) is 10.1 Å². The Hall–Kier alpha value is -1.63. The van der Waals surface area contributed by atoms with Gasteiger partial charge in [0.2, 0.25) is 5.82 Å². The molecule has 22 heavy (non-hydrogen) atoms. The van der Waals surface area contributed by atoms with E-state index in [1.807, 2.05) is 14.0 Å². The monoisotopic (exact) mass is 307 g/mol. The predicted octanol–water partition coefficient (Wildman–Crippen LogP) is 1.96. The number of aromatic nitrogens is 2. The van der Waals surface area contributed by atoms with Crippen molar-refractivity contribution in [2.75, 3.05) is 31.1 Å². The van der Waals surface area contributed by atoms with Crippen molar-refractivity contribution in [1.82, 2.24) is 14.7 Å². The fourth-order valence-corrected chi connectivity index (χ4v) is 3.91. The van der Waals surface area contributed by atoms with Crippen molar-refractivity contribution < 1.29 is 4.92 Å². The van der Waals surface area contributed by atoms with Crippen molar-refractivity contribution in [3.05, 3.63) is 15.8 Å². The fourth-order valence-electron chi connectivity index (χ4n) is 3.91. The van der Waals surface area contributed by atoms with Crippen molar-refractivity contribution in [3.63, 3.8) is 0 Å². The van der Waals surface area contributed by atoms with Crippen molar-refractivity contribution in [3.8, 4) is 0 Å². The molecule has 0 atom stereocenters. The Labute approximate surface area is 131 Å². The van der Waals surface area contributed by atoms with Crippen molar-refractivity contribution in [1.29, 1.82) is 0 Å². The third-order valence-corrected chi connectivity index (χ3v) is 5.03. The van der Waals surface area contributed by atoms with Gasteiger partial charge in [-0.2, -0.15) is 5.10 Å². The van der Waals surface area contributed by atoms with Crippen LogP contribution in [-0.2, 0) is 13.5 Å². The van der Waals surface area contributed by atoms with Gasteiger partial charge in [-0.05, 0) is 19.3 Å². The second kappa shape index (κ2) is 6.24. The standard InChI is InChI=1S/C15H25N5O2/c1-3-13-14(20(21)22)15(17(2)16-13)19-10-8-18(9-11-19)12-6-4-5-7-12/h12H,3-11H2,1-2H3. The molecular formula is C15H25N5O2. The predicted molar refractivity (Wildman–Crippen MR) is 85.3 cm³/mol. The molecule has 0 spiro atoms. The molecule has 0 N–H and O–H groups in total. The van der Waals surface area contributed by atoms with Gasteiger partial charge in [0.25, 0.3) is 0 Å². The summed E-state index contributed by atoms with van der Waals surface area (Å²) < 4.78 is 1.68. The molecule has 0 aromatic carbocycles. The second-order valence-electron chi connectivity index (χ2n) is 6.31. The zero-order valence-electron chi connectivity index (χ0n) is 13.5. The fraction of sp³-hybridized carbons (Fsp3) is 0.800. The summed E-state index contributed by atoms with van der Waals surface area (Å²) in [5.74, 6) is 0.674. The molecule has 1 aliphatic carbocycles. The van der Waals surface area contributed by atoms with Gasteiger partial charge in [0.15, 0.2) is 0 Å². The molecule has 0 radical (unpaired) electrons. The van der Waals surface area contributed by atoms with E-state index in [4.69, 9.17) is 0 Å². The number of piperazine rings is 1. The molecule has 0 amide bonds. The highest BCUT2D eigenvalue weighted by molar-refractivity contribution is 5.61. The minimum atomic E-state index is -0.273. The summed E-state index contributed by atoms with van der Waals surface area (Å²) in [4.78, 5) is 15.9. The van der Waals surface area contributed by atoms with Gasteiger partial charge in [-0.25, -0.2) is 4.68 Å². The molecule has 0 bridgehead atoms. The minimum absolute atomic E-state index is 0.194. The van der Waals surface area contributed by atoms with Crippen molar-refractivity contribution >= 4 is 11.5 Å². The Bertz CT molecular complexity index is 542. The summed E-state index contributed by atoms with van der Waals surface area (Å²) in [7, 11) is 1.81. The summed E-state index contributed by atoms with van der Waals surface area (Å²) in [6, 6.07) is 0.731. The first-order valence-corrected chi connectivity index (χ1v) is 8.31. The van der Waals surface area contributed by atoms with Gasteiger partial charge in [-0.15, -0.1) is 0 Å². The van der Waals surface area contributed by atoms with E-state index in [0.29, 0.717) is 17.9 Å². The maximum atomic E-state index is 11.4. The average molecular weight is 307 g/mol. The van der Waals surface area contributed by atoms with E-state index < -0.39 is 0 Å². The molecule has 7 nitrogen and oxygen atoms in total. The van der Waals surface area contributed by atoms with Crippen LogP contribution in [0, 0.1) is 10.1 Å². The molecule has 1 aliphatic heterocycles. The van der Waals surface area contributed by atoms with Crippen LogP contribution in [0.1, 0.15) is 38.3 Å². The van der Waals surface area contributed by atoms with Crippen molar-refractivity contribution in [2.45, 2.75) is 45.1 Å². The van der Waals surface area contributed by atoms with Crippen LogP contribution in [0.4, 0.5) is 11.5 Å². The molecular weight excluding hydrogens is 282 g/mol. The maximum Gasteiger partial charge on any atom is 0.334 e. The average Bonchev–Trinajstić information content (AvgIpc) is 3.14. The summed E-state index contributed by atoms with van der Waals surface area (Å²) in [5, 5.41) is 15.8. The lowest BCUT2D eigenvalue weighted by Crippen LogP contribution is -2.50. The first-order valence-electron chi connectivity index (χ1n) is 8.31. The molecule has 122 valence electrons. The van der Waals surface area contributed by atoms with Crippen LogP contribution in [-0.4, -0.2) is 51.8 Å². The highest BCUT2D eigenvalue weighted by atomic mass is 16.6. The Morgan fingerprint density at radius 1 is 1.23 bits per heavy atom. The first-order chi connectivity index (χ1) is 10.6. The van der Waals surface area contributed by atoms with E-state index in [1.165, 1.54) is 25.7 Å². The molecule has 2 fully saturated rings. The molecule has 2 heterocycles. The topological polar surface area (TPSA) is 67.4 Å².